The fourth-order valence-corrected chi connectivity index (χ4v) is 3.67. The minimum Gasteiger partial charge on any atom is -0.320 e. The van der Waals surface area contributed by atoms with E-state index in [1.165, 1.54) is 34.5 Å². The monoisotopic (exact) mass is 359 g/mol. The molecule has 6 nitrogen and oxygen atoms in total. The van der Waals surface area contributed by atoms with Gasteiger partial charge in [0.1, 0.15) is 0 Å². The highest BCUT2D eigenvalue weighted by Crippen LogP contribution is 2.24. The standard InChI is InChI=1S/C18H21N3O3S/c1-12-8-13(2)16-11-21(7-6-14(16)9-12)18(22)20-15-4-5-17(19-10-15)25(3,23)24/h4-5,8-10H,6-7,11H2,1-3H3,(H,20,22). The maximum absolute atomic E-state index is 12.5. The largest absolute Gasteiger partial charge is 0.322 e. The smallest absolute Gasteiger partial charge is 0.320 e. The second-order valence-electron chi connectivity index (χ2n) is 6.48. The van der Waals surface area contributed by atoms with Crippen molar-refractivity contribution in [2.24, 2.45) is 0 Å². The molecule has 25 heavy (non-hydrogen) atoms. The molecule has 2 aromatic rings. The molecule has 0 fully saturated rings. The lowest BCUT2D eigenvalue weighted by Gasteiger charge is -2.30. The number of rotatable bonds is 2. The van der Waals surface area contributed by atoms with E-state index >= 15 is 0 Å². The summed E-state index contributed by atoms with van der Waals surface area (Å²) in [6, 6.07) is 7.05. The molecule has 0 atom stereocenters. The van der Waals surface area contributed by atoms with Gasteiger partial charge in [0.15, 0.2) is 14.9 Å². The fraction of sp³-hybridized carbons (Fsp3) is 0.333. The first-order valence-corrected chi connectivity index (χ1v) is 9.94. The zero-order valence-corrected chi connectivity index (χ0v) is 15.4. The van der Waals surface area contributed by atoms with Crippen molar-refractivity contribution in [2.75, 3.05) is 18.1 Å². The van der Waals surface area contributed by atoms with Crippen LogP contribution in [0.3, 0.4) is 0 Å². The average Bonchev–Trinajstić information content (AvgIpc) is 2.54. The number of benzene rings is 1. The van der Waals surface area contributed by atoms with Crippen molar-refractivity contribution < 1.29 is 13.2 Å². The Morgan fingerprint density at radius 3 is 2.64 bits per heavy atom. The van der Waals surface area contributed by atoms with Gasteiger partial charge in [0.2, 0.25) is 0 Å². The lowest BCUT2D eigenvalue weighted by molar-refractivity contribution is 0.206. The van der Waals surface area contributed by atoms with Crippen LogP contribution in [-0.4, -0.2) is 37.1 Å². The number of amides is 2. The van der Waals surface area contributed by atoms with Gasteiger partial charge in [-0.25, -0.2) is 18.2 Å². The van der Waals surface area contributed by atoms with E-state index in [0.29, 0.717) is 18.8 Å². The van der Waals surface area contributed by atoms with E-state index in [1.807, 2.05) is 0 Å². The second kappa shape index (κ2) is 6.48. The molecule has 2 amide bonds. The molecule has 1 aliphatic rings. The van der Waals surface area contributed by atoms with Crippen LogP contribution in [-0.2, 0) is 22.8 Å². The molecule has 0 bridgehead atoms. The van der Waals surface area contributed by atoms with Crippen molar-refractivity contribution >= 4 is 21.6 Å². The van der Waals surface area contributed by atoms with Crippen molar-refractivity contribution in [3.05, 3.63) is 52.7 Å². The highest BCUT2D eigenvalue weighted by Gasteiger charge is 2.22. The molecule has 3 rings (SSSR count). The van der Waals surface area contributed by atoms with E-state index in [4.69, 9.17) is 0 Å². The number of sulfone groups is 1. The SMILES string of the molecule is Cc1cc(C)c2c(c1)CCN(C(=O)Nc1ccc(S(C)(=O)=O)nc1)C2. The van der Waals surface area contributed by atoms with Gasteiger partial charge in [0.05, 0.1) is 11.9 Å². The molecule has 1 aliphatic heterocycles. The molecule has 1 aromatic carbocycles. The van der Waals surface area contributed by atoms with E-state index < -0.39 is 9.84 Å². The molecule has 0 saturated carbocycles. The third-order valence-electron chi connectivity index (χ3n) is 4.36. The summed E-state index contributed by atoms with van der Waals surface area (Å²) in [6.07, 6.45) is 3.29. The highest BCUT2D eigenvalue weighted by molar-refractivity contribution is 7.90. The average molecular weight is 359 g/mol. The Labute approximate surface area is 147 Å². The summed E-state index contributed by atoms with van der Waals surface area (Å²) in [5, 5.41) is 2.77. The Morgan fingerprint density at radius 1 is 1.24 bits per heavy atom. The number of aromatic nitrogens is 1. The van der Waals surface area contributed by atoms with Crippen molar-refractivity contribution in [3.8, 4) is 0 Å². The summed E-state index contributed by atoms with van der Waals surface area (Å²) in [6.45, 7) is 5.37. The number of aryl methyl sites for hydroxylation is 2. The molecule has 0 radical (unpaired) electrons. The first kappa shape index (κ1) is 17.4. The summed E-state index contributed by atoms with van der Waals surface area (Å²) in [7, 11) is -3.34. The number of anilines is 1. The minimum absolute atomic E-state index is 0.0107. The highest BCUT2D eigenvalue weighted by atomic mass is 32.2. The summed E-state index contributed by atoms with van der Waals surface area (Å²) in [5.74, 6) is 0. The van der Waals surface area contributed by atoms with Crippen molar-refractivity contribution in [3.63, 3.8) is 0 Å². The summed E-state index contributed by atoms with van der Waals surface area (Å²) >= 11 is 0. The number of carbonyl (C=O) groups is 1. The van der Waals surface area contributed by atoms with Crippen molar-refractivity contribution in [1.82, 2.24) is 9.88 Å². The van der Waals surface area contributed by atoms with Gasteiger partial charge in [-0.2, -0.15) is 0 Å². The molecule has 1 aromatic heterocycles. The lowest BCUT2D eigenvalue weighted by Crippen LogP contribution is -2.39. The van der Waals surface area contributed by atoms with Gasteiger partial charge in [-0.15, -0.1) is 0 Å². The molecule has 2 heterocycles. The van der Waals surface area contributed by atoms with Crippen molar-refractivity contribution in [1.29, 1.82) is 0 Å². The van der Waals surface area contributed by atoms with Crippen molar-refractivity contribution in [2.45, 2.75) is 31.8 Å². The molecule has 0 saturated heterocycles. The predicted octanol–water partition coefficient (Wildman–Crippen LogP) is 2.69. The third kappa shape index (κ3) is 3.82. The molecule has 132 valence electrons. The van der Waals surface area contributed by atoms with Gasteiger partial charge in [-0.1, -0.05) is 17.7 Å². The van der Waals surface area contributed by atoms with Gasteiger partial charge in [-0.05, 0) is 49.1 Å². The lowest BCUT2D eigenvalue weighted by atomic mass is 9.93. The van der Waals surface area contributed by atoms with Crippen LogP contribution < -0.4 is 5.32 Å². The van der Waals surface area contributed by atoms with Crippen LogP contribution >= 0.6 is 0 Å². The van der Waals surface area contributed by atoms with E-state index in [1.54, 1.807) is 11.0 Å². The first-order chi connectivity index (χ1) is 11.7. The maximum Gasteiger partial charge on any atom is 0.322 e. The Hall–Kier alpha value is -2.41. The number of carbonyl (C=O) groups excluding carboxylic acids is 1. The summed E-state index contributed by atoms with van der Waals surface area (Å²) in [5.41, 5.74) is 5.43. The molecular formula is C18H21N3O3S. The van der Waals surface area contributed by atoms with Gasteiger partial charge in [0, 0.05) is 19.3 Å². The van der Waals surface area contributed by atoms with Crippen LogP contribution in [0.1, 0.15) is 22.3 Å². The number of pyridine rings is 1. The Bertz CT molecular complexity index is 921. The number of hydrogen-bond donors (Lipinski definition) is 1. The summed E-state index contributed by atoms with van der Waals surface area (Å²) in [4.78, 5) is 18.2. The number of nitrogens with one attached hydrogen (secondary N) is 1. The van der Waals surface area contributed by atoms with Crippen LogP contribution in [0, 0.1) is 13.8 Å². The maximum atomic E-state index is 12.5. The Morgan fingerprint density at radius 2 is 2.00 bits per heavy atom. The Kier molecular flexibility index (Phi) is 4.51. The van der Waals surface area contributed by atoms with Crippen LogP contribution in [0.4, 0.5) is 10.5 Å². The molecule has 0 aliphatic carbocycles. The van der Waals surface area contributed by atoms with Crippen LogP contribution in [0.2, 0.25) is 0 Å². The van der Waals surface area contributed by atoms with Crippen LogP contribution in [0.15, 0.2) is 35.5 Å². The Balaban J connectivity index is 1.72. The molecule has 1 N–H and O–H groups in total. The zero-order valence-electron chi connectivity index (χ0n) is 14.5. The number of hydrogen-bond acceptors (Lipinski definition) is 4. The van der Waals surface area contributed by atoms with Gasteiger partial charge in [-0.3, -0.25) is 0 Å². The van der Waals surface area contributed by atoms with E-state index in [0.717, 1.165) is 12.7 Å². The van der Waals surface area contributed by atoms with E-state index in [2.05, 4.69) is 36.3 Å². The normalized spacial score (nSPS) is 14.1. The number of nitrogens with zero attached hydrogens (tertiary/aromatic N) is 2. The van der Waals surface area contributed by atoms with Gasteiger partial charge >= 0.3 is 6.03 Å². The number of fused-ring (bicyclic) bond motifs is 1. The number of urea groups is 1. The second-order valence-corrected chi connectivity index (χ2v) is 8.44. The first-order valence-electron chi connectivity index (χ1n) is 8.05. The van der Waals surface area contributed by atoms with Crippen LogP contribution in [0.5, 0.6) is 0 Å². The van der Waals surface area contributed by atoms with Gasteiger partial charge < -0.3 is 10.2 Å². The molecule has 0 unspecified atom stereocenters. The molecule has 7 heteroatoms. The molecular weight excluding hydrogens is 338 g/mol. The zero-order chi connectivity index (χ0) is 18.2. The quantitative estimate of drug-likeness (QED) is 0.894. The molecule has 0 spiro atoms. The summed E-state index contributed by atoms with van der Waals surface area (Å²) < 4.78 is 22.9. The van der Waals surface area contributed by atoms with E-state index in [9.17, 15) is 13.2 Å². The van der Waals surface area contributed by atoms with Gasteiger partial charge in [0.25, 0.3) is 0 Å². The topological polar surface area (TPSA) is 79.4 Å². The van der Waals surface area contributed by atoms with E-state index in [-0.39, 0.29) is 11.1 Å². The minimum atomic E-state index is -3.34. The fourth-order valence-electron chi connectivity index (χ4n) is 3.11. The predicted molar refractivity (Wildman–Crippen MR) is 96.4 cm³/mol. The third-order valence-corrected chi connectivity index (χ3v) is 5.37. The van der Waals surface area contributed by atoms with Crippen LogP contribution in [0.25, 0.3) is 0 Å².